The molecule has 0 aromatic heterocycles. The smallest absolute Gasteiger partial charge is 0.336 e. The predicted molar refractivity (Wildman–Crippen MR) is 103 cm³/mol. The number of nitrogens with one attached hydrogen (secondary N) is 1. The summed E-state index contributed by atoms with van der Waals surface area (Å²) in [6.45, 7) is 1.36. The molecule has 2 rings (SSSR count). The van der Waals surface area contributed by atoms with E-state index in [1.807, 2.05) is 13.0 Å². The highest BCUT2D eigenvalue weighted by molar-refractivity contribution is 7.92. The quantitative estimate of drug-likeness (QED) is 0.551. The first-order chi connectivity index (χ1) is 12.7. The molecule has 142 valence electrons. The number of amides is 1. The van der Waals surface area contributed by atoms with E-state index >= 15 is 0 Å². The first-order valence-corrected chi connectivity index (χ1v) is 9.72. The number of carboxylic acid groups (broad SMARTS) is 1. The third-order valence-corrected chi connectivity index (χ3v) is 4.70. The van der Waals surface area contributed by atoms with Gasteiger partial charge in [0.25, 0.3) is 5.91 Å². The molecule has 0 saturated carbocycles. The van der Waals surface area contributed by atoms with Crippen LogP contribution in [0, 0.1) is 6.92 Å². The van der Waals surface area contributed by atoms with Crippen LogP contribution in [-0.2, 0) is 14.8 Å². The summed E-state index contributed by atoms with van der Waals surface area (Å²) < 4.78 is 25.0. The summed E-state index contributed by atoms with van der Waals surface area (Å²) in [7, 11) is -3.68. The second-order valence-electron chi connectivity index (χ2n) is 5.79. The largest absolute Gasteiger partial charge is 0.478 e. The maximum atomic E-state index is 12.1. The summed E-state index contributed by atoms with van der Waals surface area (Å²) in [5.41, 5.74) is 3.78. The highest BCUT2D eigenvalue weighted by atomic mass is 32.2. The number of carbonyl (C=O) groups is 2. The van der Waals surface area contributed by atoms with E-state index in [0.29, 0.717) is 11.3 Å². The molecule has 0 aliphatic heterocycles. The molecular formula is C18H19N3O5S. The Kier molecular flexibility index (Phi) is 6.30. The lowest BCUT2D eigenvalue weighted by Gasteiger charge is -2.21. The van der Waals surface area contributed by atoms with Crippen LogP contribution in [0.5, 0.6) is 0 Å². The van der Waals surface area contributed by atoms with Gasteiger partial charge in [0.2, 0.25) is 10.0 Å². The molecule has 0 atom stereocenters. The third kappa shape index (κ3) is 5.65. The zero-order chi connectivity index (χ0) is 20.0. The molecule has 0 aliphatic carbocycles. The molecule has 0 saturated heterocycles. The van der Waals surface area contributed by atoms with E-state index in [0.717, 1.165) is 16.1 Å². The number of hydrogen-bond acceptors (Lipinski definition) is 5. The van der Waals surface area contributed by atoms with Gasteiger partial charge < -0.3 is 5.11 Å². The molecule has 1 amide bonds. The number of hydrogen-bond donors (Lipinski definition) is 2. The van der Waals surface area contributed by atoms with Gasteiger partial charge in [0.1, 0.15) is 6.54 Å². The molecule has 2 N–H and O–H groups in total. The monoisotopic (exact) mass is 389 g/mol. The summed E-state index contributed by atoms with van der Waals surface area (Å²) in [6, 6.07) is 12.9. The normalized spacial score (nSPS) is 11.3. The topological polar surface area (TPSA) is 116 Å². The molecule has 0 heterocycles. The van der Waals surface area contributed by atoms with Crippen LogP contribution < -0.4 is 9.73 Å². The Morgan fingerprint density at radius 3 is 2.52 bits per heavy atom. The molecule has 0 radical (unpaired) electrons. The Hall–Kier alpha value is -3.20. The Labute approximate surface area is 157 Å². The predicted octanol–water partition coefficient (Wildman–Crippen LogP) is 1.61. The number of rotatable bonds is 7. The number of benzene rings is 2. The lowest BCUT2D eigenvalue weighted by molar-refractivity contribution is -0.119. The van der Waals surface area contributed by atoms with Crippen molar-refractivity contribution in [3.8, 4) is 0 Å². The van der Waals surface area contributed by atoms with Crippen LogP contribution in [0.2, 0.25) is 0 Å². The molecule has 9 heteroatoms. The minimum Gasteiger partial charge on any atom is -0.478 e. The Bertz CT molecular complexity index is 986. The molecule has 2 aromatic rings. The van der Waals surface area contributed by atoms with E-state index in [9.17, 15) is 18.0 Å². The zero-order valence-electron chi connectivity index (χ0n) is 14.8. The van der Waals surface area contributed by atoms with Crippen molar-refractivity contribution in [3.63, 3.8) is 0 Å². The summed E-state index contributed by atoms with van der Waals surface area (Å²) in [5.74, 6) is -1.78. The van der Waals surface area contributed by atoms with Crippen LogP contribution in [0.4, 0.5) is 5.69 Å². The fourth-order valence-electron chi connectivity index (χ4n) is 2.33. The van der Waals surface area contributed by atoms with Gasteiger partial charge in [-0.2, -0.15) is 5.10 Å². The van der Waals surface area contributed by atoms with E-state index in [-0.39, 0.29) is 5.56 Å². The van der Waals surface area contributed by atoms with Gasteiger partial charge in [0.15, 0.2) is 0 Å². The van der Waals surface area contributed by atoms with Crippen molar-refractivity contribution in [1.82, 2.24) is 5.43 Å². The van der Waals surface area contributed by atoms with Crippen molar-refractivity contribution >= 4 is 33.8 Å². The number of nitrogens with zero attached hydrogens (tertiary/aromatic N) is 2. The van der Waals surface area contributed by atoms with Crippen molar-refractivity contribution in [3.05, 3.63) is 65.2 Å². The van der Waals surface area contributed by atoms with E-state index in [1.54, 1.807) is 30.3 Å². The highest BCUT2D eigenvalue weighted by Gasteiger charge is 2.20. The Balaban J connectivity index is 2.12. The van der Waals surface area contributed by atoms with Gasteiger partial charge in [-0.15, -0.1) is 0 Å². The summed E-state index contributed by atoms with van der Waals surface area (Å²) in [4.78, 5) is 23.3. The van der Waals surface area contributed by atoms with E-state index < -0.39 is 28.4 Å². The SMILES string of the molecule is Cc1cccc(N(CC(=O)N/N=C/c2ccccc2C(=O)O)S(C)(=O)=O)c1. The van der Waals surface area contributed by atoms with Crippen LogP contribution >= 0.6 is 0 Å². The molecule has 0 unspecified atom stereocenters. The van der Waals surface area contributed by atoms with Crippen molar-refractivity contribution in [2.24, 2.45) is 5.10 Å². The van der Waals surface area contributed by atoms with E-state index in [2.05, 4.69) is 10.5 Å². The average Bonchev–Trinajstić information content (AvgIpc) is 2.59. The Morgan fingerprint density at radius 1 is 1.19 bits per heavy atom. The van der Waals surface area contributed by atoms with Crippen LogP contribution in [0.25, 0.3) is 0 Å². The molecule has 0 aliphatic rings. The van der Waals surface area contributed by atoms with Crippen molar-refractivity contribution in [2.75, 3.05) is 17.1 Å². The van der Waals surface area contributed by atoms with Gasteiger partial charge in [-0.3, -0.25) is 9.10 Å². The highest BCUT2D eigenvalue weighted by Crippen LogP contribution is 2.18. The van der Waals surface area contributed by atoms with E-state index in [4.69, 9.17) is 5.11 Å². The lowest BCUT2D eigenvalue weighted by Crippen LogP contribution is -2.39. The van der Waals surface area contributed by atoms with Crippen molar-refractivity contribution in [2.45, 2.75) is 6.92 Å². The van der Waals surface area contributed by atoms with Crippen LogP contribution in [0.1, 0.15) is 21.5 Å². The van der Waals surface area contributed by atoms with Gasteiger partial charge in [0, 0.05) is 5.56 Å². The first-order valence-electron chi connectivity index (χ1n) is 7.87. The number of aryl methyl sites for hydroxylation is 1. The standard InChI is InChI=1S/C18H19N3O5S/c1-13-6-5-8-15(10-13)21(27(2,25)26)12-17(22)20-19-11-14-7-3-4-9-16(14)18(23)24/h3-11H,12H2,1-2H3,(H,20,22)(H,23,24)/b19-11+. The first kappa shape index (κ1) is 20.1. The average molecular weight is 389 g/mol. The number of carbonyl (C=O) groups excluding carboxylic acids is 1. The summed E-state index contributed by atoms with van der Waals surface area (Å²) in [6.07, 6.45) is 2.20. The number of hydrazone groups is 1. The van der Waals surface area contributed by atoms with Gasteiger partial charge in [0.05, 0.1) is 23.7 Å². The maximum absolute atomic E-state index is 12.1. The number of aromatic carboxylic acids is 1. The van der Waals surface area contributed by atoms with Crippen LogP contribution in [-0.4, -0.2) is 44.4 Å². The lowest BCUT2D eigenvalue weighted by atomic mass is 10.1. The minimum atomic E-state index is -3.68. The van der Waals surface area contributed by atoms with Gasteiger partial charge >= 0.3 is 5.97 Å². The van der Waals surface area contributed by atoms with Crippen molar-refractivity contribution < 1.29 is 23.1 Å². The molecular weight excluding hydrogens is 370 g/mol. The fourth-order valence-corrected chi connectivity index (χ4v) is 3.18. The van der Waals surface area contributed by atoms with Crippen LogP contribution in [0.15, 0.2) is 53.6 Å². The van der Waals surface area contributed by atoms with E-state index in [1.165, 1.54) is 18.3 Å². The van der Waals surface area contributed by atoms with Crippen molar-refractivity contribution in [1.29, 1.82) is 0 Å². The molecule has 8 nitrogen and oxygen atoms in total. The Morgan fingerprint density at radius 2 is 1.89 bits per heavy atom. The number of anilines is 1. The van der Waals surface area contributed by atoms with Gasteiger partial charge in [-0.25, -0.2) is 18.6 Å². The summed E-state index contributed by atoms with van der Waals surface area (Å²) in [5, 5.41) is 12.8. The molecule has 0 bridgehead atoms. The van der Waals surface area contributed by atoms with Gasteiger partial charge in [-0.05, 0) is 30.7 Å². The number of sulfonamides is 1. The maximum Gasteiger partial charge on any atom is 0.336 e. The second kappa shape index (κ2) is 8.45. The number of carboxylic acids is 1. The second-order valence-corrected chi connectivity index (χ2v) is 7.70. The molecule has 0 spiro atoms. The molecule has 27 heavy (non-hydrogen) atoms. The third-order valence-electron chi connectivity index (χ3n) is 3.56. The zero-order valence-corrected chi connectivity index (χ0v) is 15.6. The minimum absolute atomic E-state index is 0.0352. The van der Waals surface area contributed by atoms with Gasteiger partial charge in [-0.1, -0.05) is 30.3 Å². The fraction of sp³-hybridized carbons (Fsp3) is 0.167. The molecule has 0 fully saturated rings. The molecule has 2 aromatic carbocycles. The van der Waals surface area contributed by atoms with Crippen LogP contribution in [0.3, 0.4) is 0 Å². The summed E-state index contributed by atoms with van der Waals surface area (Å²) >= 11 is 0.